The van der Waals surface area contributed by atoms with Crippen molar-refractivity contribution in [2.75, 3.05) is 7.11 Å². The Kier molecular flexibility index (Phi) is 6.98. The van der Waals surface area contributed by atoms with E-state index in [2.05, 4.69) is 11.9 Å². The molecule has 0 atom stereocenters. The van der Waals surface area contributed by atoms with Crippen LogP contribution in [-0.2, 0) is 4.74 Å². The van der Waals surface area contributed by atoms with Crippen molar-refractivity contribution in [1.29, 1.82) is 0 Å². The molecule has 0 saturated heterocycles. The van der Waals surface area contributed by atoms with Crippen LogP contribution in [-0.4, -0.2) is 13.3 Å². The monoisotopic (exact) mass is 181 g/mol. The first kappa shape index (κ1) is 11.9. The van der Waals surface area contributed by atoms with Crippen molar-refractivity contribution >= 4 is 6.21 Å². The summed E-state index contributed by atoms with van der Waals surface area (Å²) in [6, 6.07) is 0. The second-order valence-electron chi connectivity index (χ2n) is 3.05. The Balaban J connectivity index is 4.17. The zero-order chi connectivity index (χ0) is 10.1. The molecule has 0 aromatic heterocycles. The van der Waals surface area contributed by atoms with Crippen LogP contribution in [0.25, 0.3) is 0 Å². The molecule has 0 heterocycles. The number of hydrogen-bond acceptors (Lipinski definition) is 2. The summed E-state index contributed by atoms with van der Waals surface area (Å²) in [5.41, 5.74) is 1.24. The molecule has 0 aromatic rings. The smallest absolute Gasteiger partial charge is 0.212 e. The molecule has 0 N–H and O–H groups in total. The highest BCUT2D eigenvalue weighted by Crippen LogP contribution is 2.00. The number of unbranched alkanes of at least 4 members (excludes halogenated alkanes) is 1. The SMILES string of the molecule is CCC/C=N\C(=C/C=C(C)C)OC. The fourth-order valence-electron chi connectivity index (χ4n) is 0.685. The van der Waals surface area contributed by atoms with E-state index in [1.807, 2.05) is 32.2 Å². The minimum Gasteiger partial charge on any atom is -0.481 e. The van der Waals surface area contributed by atoms with E-state index in [0.717, 1.165) is 12.8 Å². The van der Waals surface area contributed by atoms with Crippen molar-refractivity contribution in [1.82, 2.24) is 0 Å². The van der Waals surface area contributed by atoms with Crippen LogP contribution >= 0.6 is 0 Å². The van der Waals surface area contributed by atoms with Crippen LogP contribution in [0.2, 0.25) is 0 Å². The first-order valence-electron chi connectivity index (χ1n) is 4.62. The lowest BCUT2D eigenvalue weighted by molar-refractivity contribution is 0.289. The topological polar surface area (TPSA) is 21.6 Å². The van der Waals surface area contributed by atoms with Crippen LogP contribution in [0, 0.1) is 0 Å². The Bertz CT molecular complexity index is 210. The van der Waals surface area contributed by atoms with E-state index in [-0.39, 0.29) is 0 Å². The van der Waals surface area contributed by atoms with Gasteiger partial charge in [-0.3, -0.25) is 0 Å². The molecule has 0 rings (SSSR count). The third kappa shape index (κ3) is 7.32. The molecule has 0 radical (unpaired) electrons. The summed E-state index contributed by atoms with van der Waals surface area (Å²) in [5, 5.41) is 0. The van der Waals surface area contributed by atoms with E-state index in [9.17, 15) is 0 Å². The second kappa shape index (κ2) is 7.59. The van der Waals surface area contributed by atoms with Gasteiger partial charge in [-0.1, -0.05) is 25.0 Å². The van der Waals surface area contributed by atoms with Crippen LogP contribution in [0.3, 0.4) is 0 Å². The summed E-state index contributed by atoms with van der Waals surface area (Å²) >= 11 is 0. The summed E-state index contributed by atoms with van der Waals surface area (Å²) in [6.07, 6.45) is 7.86. The molecule has 0 spiro atoms. The minimum absolute atomic E-state index is 0.662. The highest BCUT2D eigenvalue weighted by Gasteiger charge is 1.86. The van der Waals surface area contributed by atoms with E-state index < -0.39 is 0 Å². The fourth-order valence-corrected chi connectivity index (χ4v) is 0.685. The highest BCUT2D eigenvalue weighted by atomic mass is 16.5. The summed E-state index contributed by atoms with van der Waals surface area (Å²) in [7, 11) is 1.63. The van der Waals surface area contributed by atoms with Gasteiger partial charge in [0.25, 0.3) is 0 Å². The van der Waals surface area contributed by atoms with E-state index in [1.54, 1.807) is 7.11 Å². The summed E-state index contributed by atoms with van der Waals surface area (Å²) in [4.78, 5) is 4.17. The molecule has 0 aromatic carbocycles. The van der Waals surface area contributed by atoms with Gasteiger partial charge >= 0.3 is 0 Å². The van der Waals surface area contributed by atoms with Gasteiger partial charge < -0.3 is 4.74 Å². The zero-order valence-electron chi connectivity index (χ0n) is 9.00. The van der Waals surface area contributed by atoms with Crippen molar-refractivity contribution in [3.05, 3.63) is 23.6 Å². The first-order chi connectivity index (χ1) is 6.20. The molecule has 0 aliphatic heterocycles. The van der Waals surface area contributed by atoms with E-state index in [4.69, 9.17) is 4.74 Å². The molecule has 0 saturated carbocycles. The standard InChI is InChI=1S/C11H19NO/c1-5-6-9-12-11(13-4)8-7-10(2)3/h7-9H,5-6H2,1-4H3/b11-8+,12-9-. The van der Waals surface area contributed by atoms with Crippen molar-refractivity contribution in [2.24, 2.45) is 4.99 Å². The predicted octanol–water partition coefficient (Wildman–Crippen LogP) is 3.31. The number of rotatable bonds is 5. The predicted molar refractivity (Wildman–Crippen MR) is 57.9 cm³/mol. The molecule has 0 unspecified atom stereocenters. The number of allylic oxidation sites excluding steroid dienone is 3. The number of aliphatic imine (C=N–C) groups is 1. The van der Waals surface area contributed by atoms with Crippen LogP contribution in [0.1, 0.15) is 33.6 Å². The van der Waals surface area contributed by atoms with Gasteiger partial charge in [0.05, 0.1) is 7.11 Å². The Labute approximate surface area is 81.0 Å². The molecular formula is C11H19NO. The largest absolute Gasteiger partial charge is 0.481 e. The minimum atomic E-state index is 0.662. The van der Waals surface area contributed by atoms with Crippen molar-refractivity contribution in [2.45, 2.75) is 33.6 Å². The molecule has 0 aliphatic carbocycles. The molecule has 0 fully saturated rings. The molecule has 0 aliphatic rings. The first-order valence-corrected chi connectivity index (χ1v) is 4.62. The third-order valence-electron chi connectivity index (χ3n) is 1.40. The molecule has 74 valence electrons. The molecular weight excluding hydrogens is 162 g/mol. The Morgan fingerprint density at radius 1 is 1.31 bits per heavy atom. The highest BCUT2D eigenvalue weighted by molar-refractivity contribution is 5.58. The quantitative estimate of drug-likeness (QED) is 0.362. The fraction of sp³-hybridized carbons (Fsp3) is 0.545. The number of methoxy groups -OCH3 is 1. The second-order valence-corrected chi connectivity index (χ2v) is 3.05. The van der Waals surface area contributed by atoms with Crippen LogP contribution < -0.4 is 0 Å². The summed E-state index contributed by atoms with van der Waals surface area (Å²) < 4.78 is 5.07. The lowest BCUT2D eigenvalue weighted by Crippen LogP contribution is -1.83. The molecule has 0 amide bonds. The van der Waals surface area contributed by atoms with Gasteiger partial charge in [-0.05, 0) is 20.3 Å². The molecule has 2 heteroatoms. The van der Waals surface area contributed by atoms with Crippen molar-refractivity contribution in [3.8, 4) is 0 Å². The Morgan fingerprint density at radius 2 is 2.00 bits per heavy atom. The average Bonchev–Trinajstić information content (AvgIpc) is 2.10. The molecule has 2 nitrogen and oxygen atoms in total. The van der Waals surface area contributed by atoms with Crippen LogP contribution in [0.5, 0.6) is 0 Å². The zero-order valence-corrected chi connectivity index (χ0v) is 9.00. The van der Waals surface area contributed by atoms with E-state index in [1.165, 1.54) is 5.57 Å². The molecule has 13 heavy (non-hydrogen) atoms. The van der Waals surface area contributed by atoms with Crippen LogP contribution in [0.4, 0.5) is 0 Å². The number of ether oxygens (including phenoxy) is 1. The van der Waals surface area contributed by atoms with Gasteiger partial charge in [0.1, 0.15) is 0 Å². The van der Waals surface area contributed by atoms with Gasteiger partial charge in [-0.2, -0.15) is 0 Å². The Morgan fingerprint density at radius 3 is 2.46 bits per heavy atom. The number of hydrogen-bond donors (Lipinski definition) is 0. The lowest BCUT2D eigenvalue weighted by atomic mass is 10.3. The van der Waals surface area contributed by atoms with Gasteiger partial charge in [0.15, 0.2) is 0 Å². The number of nitrogens with zero attached hydrogens (tertiary/aromatic N) is 1. The summed E-state index contributed by atoms with van der Waals surface area (Å²) in [5.74, 6) is 0.662. The normalized spacial score (nSPS) is 11.8. The van der Waals surface area contributed by atoms with E-state index in [0.29, 0.717) is 5.88 Å². The van der Waals surface area contributed by atoms with Crippen molar-refractivity contribution < 1.29 is 4.74 Å². The third-order valence-corrected chi connectivity index (χ3v) is 1.40. The maximum Gasteiger partial charge on any atom is 0.212 e. The summed E-state index contributed by atoms with van der Waals surface area (Å²) in [6.45, 7) is 6.21. The van der Waals surface area contributed by atoms with Gasteiger partial charge in [0.2, 0.25) is 5.88 Å². The Hall–Kier alpha value is -1.05. The maximum absolute atomic E-state index is 5.07. The maximum atomic E-state index is 5.07. The van der Waals surface area contributed by atoms with Gasteiger partial charge in [0, 0.05) is 12.3 Å². The van der Waals surface area contributed by atoms with Gasteiger partial charge in [-0.15, -0.1) is 0 Å². The van der Waals surface area contributed by atoms with Crippen LogP contribution in [0.15, 0.2) is 28.6 Å². The molecule has 0 bridgehead atoms. The lowest BCUT2D eigenvalue weighted by Gasteiger charge is -1.97. The average molecular weight is 181 g/mol. The van der Waals surface area contributed by atoms with Crippen molar-refractivity contribution in [3.63, 3.8) is 0 Å². The van der Waals surface area contributed by atoms with Gasteiger partial charge in [-0.25, -0.2) is 4.99 Å². The van der Waals surface area contributed by atoms with E-state index >= 15 is 0 Å².